The molecule has 0 atom stereocenters. The summed E-state index contributed by atoms with van der Waals surface area (Å²) in [6.07, 6.45) is 0.224. The van der Waals surface area contributed by atoms with E-state index < -0.39 is 0 Å². The first-order valence-electron chi connectivity index (χ1n) is 6.16. The topological polar surface area (TPSA) is 80.9 Å². The number of rotatable bonds is 4. The van der Waals surface area contributed by atoms with E-state index in [1.54, 1.807) is 13.0 Å². The summed E-state index contributed by atoms with van der Waals surface area (Å²) in [5.74, 6) is 0.0118. The maximum Gasteiger partial charge on any atom is 0.231 e. The summed E-state index contributed by atoms with van der Waals surface area (Å²) in [4.78, 5) is 20.1. The lowest BCUT2D eigenvalue weighted by atomic mass is 10.0. The van der Waals surface area contributed by atoms with Gasteiger partial charge < -0.3 is 5.73 Å². The number of nitrogens with two attached hydrogens (primary N) is 1. The van der Waals surface area contributed by atoms with E-state index in [2.05, 4.69) is 15.3 Å². The van der Waals surface area contributed by atoms with Gasteiger partial charge in [0.15, 0.2) is 0 Å². The predicted molar refractivity (Wildman–Crippen MR) is 78.4 cm³/mol. The molecule has 104 valence electrons. The maximum absolute atomic E-state index is 12.0. The first kappa shape index (κ1) is 14.4. The van der Waals surface area contributed by atoms with Crippen LogP contribution in [0, 0.1) is 6.92 Å². The van der Waals surface area contributed by atoms with Gasteiger partial charge >= 0.3 is 0 Å². The molecule has 0 aliphatic carbocycles. The molecule has 0 saturated carbocycles. The zero-order chi connectivity index (χ0) is 14.5. The quantitative estimate of drug-likeness (QED) is 0.845. The lowest BCUT2D eigenvalue weighted by molar-refractivity contribution is -0.115. The molecule has 0 spiro atoms. The van der Waals surface area contributed by atoms with E-state index in [1.807, 2.05) is 24.3 Å². The van der Waals surface area contributed by atoms with Gasteiger partial charge in [-0.3, -0.25) is 10.1 Å². The van der Waals surface area contributed by atoms with Gasteiger partial charge in [-0.15, -0.1) is 0 Å². The summed E-state index contributed by atoms with van der Waals surface area (Å²) in [7, 11) is 0. The van der Waals surface area contributed by atoms with E-state index in [9.17, 15) is 4.79 Å². The number of amides is 1. The standard InChI is InChI=1S/C14H15ClN4O/c1-9-6-12(15)18-14(17-9)19-13(20)7-10-4-2-3-5-11(10)8-16/h2-6H,7-8,16H2,1H3,(H,17,18,19,20). The highest BCUT2D eigenvalue weighted by molar-refractivity contribution is 6.29. The Bertz CT molecular complexity index is 610. The summed E-state index contributed by atoms with van der Waals surface area (Å²) in [5.41, 5.74) is 8.19. The first-order chi connectivity index (χ1) is 9.58. The molecule has 2 rings (SSSR count). The minimum absolute atomic E-state index is 0.201. The Morgan fingerprint density at radius 1 is 1.30 bits per heavy atom. The molecular formula is C14H15ClN4O. The van der Waals surface area contributed by atoms with Gasteiger partial charge in [-0.2, -0.15) is 0 Å². The number of nitrogens with one attached hydrogen (secondary N) is 1. The average molecular weight is 291 g/mol. The average Bonchev–Trinajstić information content (AvgIpc) is 2.37. The smallest absolute Gasteiger partial charge is 0.231 e. The molecule has 2 aromatic rings. The highest BCUT2D eigenvalue weighted by atomic mass is 35.5. The molecule has 1 aromatic carbocycles. The fourth-order valence-corrected chi connectivity index (χ4v) is 2.09. The van der Waals surface area contributed by atoms with Crippen molar-refractivity contribution in [2.75, 3.05) is 5.32 Å². The lowest BCUT2D eigenvalue weighted by Crippen LogP contribution is -2.18. The van der Waals surface area contributed by atoms with Gasteiger partial charge in [0.25, 0.3) is 0 Å². The van der Waals surface area contributed by atoms with Crippen LogP contribution in [0.1, 0.15) is 16.8 Å². The Kier molecular flexibility index (Phi) is 4.65. The zero-order valence-electron chi connectivity index (χ0n) is 11.1. The highest BCUT2D eigenvalue weighted by Crippen LogP contribution is 2.12. The fourth-order valence-electron chi connectivity index (χ4n) is 1.86. The number of carbonyl (C=O) groups is 1. The fraction of sp³-hybridized carbons (Fsp3) is 0.214. The van der Waals surface area contributed by atoms with Crippen molar-refractivity contribution in [3.05, 3.63) is 52.3 Å². The van der Waals surface area contributed by atoms with Crippen LogP contribution in [-0.2, 0) is 17.8 Å². The summed E-state index contributed by atoms with van der Waals surface area (Å²) in [5, 5.41) is 2.94. The second-order valence-corrected chi connectivity index (χ2v) is 4.74. The Hall–Kier alpha value is -1.98. The molecule has 1 heterocycles. The number of hydrogen-bond acceptors (Lipinski definition) is 4. The van der Waals surface area contributed by atoms with Gasteiger partial charge in [0.05, 0.1) is 6.42 Å². The molecule has 6 heteroatoms. The zero-order valence-corrected chi connectivity index (χ0v) is 11.8. The molecule has 0 bridgehead atoms. The van der Waals surface area contributed by atoms with Gasteiger partial charge in [0, 0.05) is 12.2 Å². The largest absolute Gasteiger partial charge is 0.326 e. The molecule has 5 nitrogen and oxygen atoms in total. The molecule has 1 amide bonds. The van der Waals surface area contributed by atoms with Crippen molar-refractivity contribution in [2.24, 2.45) is 5.73 Å². The molecule has 0 aliphatic heterocycles. The Labute approximate surface area is 122 Å². The van der Waals surface area contributed by atoms with Gasteiger partial charge in [0.1, 0.15) is 5.15 Å². The first-order valence-corrected chi connectivity index (χ1v) is 6.54. The summed E-state index contributed by atoms with van der Waals surface area (Å²) in [6, 6.07) is 9.18. The van der Waals surface area contributed by atoms with E-state index >= 15 is 0 Å². The van der Waals surface area contributed by atoms with Crippen molar-refractivity contribution in [2.45, 2.75) is 19.9 Å². The van der Waals surface area contributed by atoms with E-state index in [0.717, 1.165) is 11.1 Å². The monoisotopic (exact) mass is 290 g/mol. The van der Waals surface area contributed by atoms with E-state index in [1.165, 1.54) is 0 Å². The Morgan fingerprint density at radius 2 is 2.00 bits per heavy atom. The van der Waals surface area contributed by atoms with Gasteiger partial charge in [-0.05, 0) is 24.1 Å². The van der Waals surface area contributed by atoms with Crippen molar-refractivity contribution in [3.8, 4) is 0 Å². The minimum atomic E-state index is -0.201. The molecule has 0 saturated heterocycles. The minimum Gasteiger partial charge on any atom is -0.326 e. The number of benzene rings is 1. The molecule has 3 N–H and O–H groups in total. The number of aromatic nitrogens is 2. The second kappa shape index (κ2) is 6.45. The van der Waals surface area contributed by atoms with E-state index in [4.69, 9.17) is 17.3 Å². The van der Waals surface area contributed by atoms with Crippen LogP contribution in [0.4, 0.5) is 5.95 Å². The number of aryl methyl sites for hydroxylation is 1. The van der Waals surface area contributed by atoms with Crippen LogP contribution in [0.2, 0.25) is 5.15 Å². The van der Waals surface area contributed by atoms with Crippen LogP contribution in [0.15, 0.2) is 30.3 Å². The summed E-state index contributed by atoms with van der Waals surface area (Å²) < 4.78 is 0. The molecule has 20 heavy (non-hydrogen) atoms. The normalized spacial score (nSPS) is 10.3. The van der Waals surface area contributed by atoms with Crippen molar-refractivity contribution in [1.82, 2.24) is 9.97 Å². The van der Waals surface area contributed by atoms with E-state index in [-0.39, 0.29) is 18.3 Å². The van der Waals surface area contributed by atoms with Gasteiger partial charge in [-0.1, -0.05) is 35.9 Å². The second-order valence-electron chi connectivity index (χ2n) is 4.35. The maximum atomic E-state index is 12.0. The molecular weight excluding hydrogens is 276 g/mol. The van der Waals surface area contributed by atoms with Crippen LogP contribution in [0.5, 0.6) is 0 Å². The molecule has 0 fully saturated rings. The number of halogens is 1. The lowest BCUT2D eigenvalue weighted by Gasteiger charge is -2.08. The van der Waals surface area contributed by atoms with Crippen LogP contribution < -0.4 is 11.1 Å². The number of hydrogen-bond donors (Lipinski definition) is 2. The number of nitrogens with zero attached hydrogens (tertiary/aromatic N) is 2. The molecule has 0 aliphatic rings. The third-order valence-corrected chi connectivity index (χ3v) is 2.96. The van der Waals surface area contributed by atoms with E-state index in [0.29, 0.717) is 17.4 Å². The summed E-state index contributed by atoms with van der Waals surface area (Å²) in [6.45, 7) is 2.18. The van der Waals surface area contributed by atoms with Crippen molar-refractivity contribution >= 4 is 23.5 Å². The predicted octanol–water partition coefficient (Wildman–Crippen LogP) is 2.08. The van der Waals surface area contributed by atoms with Crippen LogP contribution in [-0.4, -0.2) is 15.9 Å². The van der Waals surface area contributed by atoms with Crippen LogP contribution in [0.25, 0.3) is 0 Å². The van der Waals surface area contributed by atoms with Crippen molar-refractivity contribution in [3.63, 3.8) is 0 Å². The Balaban J connectivity index is 2.09. The number of anilines is 1. The van der Waals surface area contributed by atoms with Crippen LogP contribution in [0.3, 0.4) is 0 Å². The third kappa shape index (κ3) is 3.76. The molecule has 0 radical (unpaired) electrons. The highest BCUT2D eigenvalue weighted by Gasteiger charge is 2.09. The van der Waals surface area contributed by atoms with Gasteiger partial charge in [0.2, 0.25) is 11.9 Å². The Morgan fingerprint density at radius 3 is 2.65 bits per heavy atom. The van der Waals surface area contributed by atoms with Crippen molar-refractivity contribution < 1.29 is 4.79 Å². The summed E-state index contributed by atoms with van der Waals surface area (Å²) >= 11 is 5.82. The SMILES string of the molecule is Cc1cc(Cl)nc(NC(=O)Cc2ccccc2CN)n1. The van der Waals surface area contributed by atoms with Crippen molar-refractivity contribution in [1.29, 1.82) is 0 Å². The number of carbonyl (C=O) groups excluding carboxylic acids is 1. The van der Waals surface area contributed by atoms with Crippen LogP contribution >= 0.6 is 11.6 Å². The third-order valence-electron chi connectivity index (χ3n) is 2.76. The van der Waals surface area contributed by atoms with Gasteiger partial charge in [-0.25, -0.2) is 9.97 Å². The molecule has 1 aromatic heterocycles. The molecule has 0 unspecified atom stereocenters.